The third-order valence-corrected chi connectivity index (χ3v) is 6.16. The highest BCUT2D eigenvalue weighted by atomic mass is 32.1. The zero-order valence-electron chi connectivity index (χ0n) is 16.1. The van der Waals surface area contributed by atoms with E-state index in [1.165, 1.54) is 23.5 Å². The van der Waals surface area contributed by atoms with Crippen LogP contribution in [0.5, 0.6) is 0 Å². The Hall–Kier alpha value is -3.33. The summed E-state index contributed by atoms with van der Waals surface area (Å²) in [5, 5.41) is 6.39. The molecule has 0 saturated carbocycles. The van der Waals surface area contributed by atoms with Crippen molar-refractivity contribution in [1.82, 2.24) is 29.2 Å². The summed E-state index contributed by atoms with van der Waals surface area (Å²) < 4.78 is 17.4. The maximum absolute atomic E-state index is 13.8. The molecule has 1 aliphatic rings. The fourth-order valence-corrected chi connectivity index (χ4v) is 4.45. The Morgan fingerprint density at radius 2 is 2.03 bits per heavy atom. The first kappa shape index (κ1) is 18.7. The molecule has 1 aliphatic heterocycles. The normalized spacial score (nSPS) is 14.9. The quantitative estimate of drug-likeness (QED) is 0.502. The Labute approximate surface area is 176 Å². The number of halogens is 1. The van der Waals surface area contributed by atoms with Crippen molar-refractivity contribution in [1.29, 1.82) is 0 Å². The second-order valence-electron chi connectivity index (χ2n) is 7.16. The minimum Gasteiger partial charge on any atom is -0.336 e. The number of piperidine rings is 1. The Balaban J connectivity index is 1.42. The van der Waals surface area contributed by atoms with Crippen LogP contribution in [0.15, 0.2) is 60.5 Å². The van der Waals surface area contributed by atoms with E-state index in [0.29, 0.717) is 30.6 Å². The molecule has 4 heterocycles. The summed E-state index contributed by atoms with van der Waals surface area (Å²) in [6.07, 6.45) is 7.25. The number of nitrogens with zero attached hydrogens (tertiary/aromatic N) is 6. The van der Waals surface area contributed by atoms with Crippen molar-refractivity contribution in [3.05, 3.63) is 72.1 Å². The van der Waals surface area contributed by atoms with Gasteiger partial charge in [-0.05, 0) is 42.5 Å². The average Bonchev–Trinajstić information content (AvgIpc) is 3.55. The van der Waals surface area contributed by atoms with Gasteiger partial charge in [-0.15, -0.1) is 16.4 Å². The first-order valence-corrected chi connectivity index (χ1v) is 10.6. The highest BCUT2D eigenvalue weighted by Gasteiger charge is 2.28. The predicted octanol–water partition coefficient (Wildman–Crippen LogP) is 3.81. The number of thiophene rings is 1. The number of likely N-dealkylation sites (tertiary alicyclic amines) is 1. The van der Waals surface area contributed by atoms with Crippen LogP contribution in [0.4, 0.5) is 4.39 Å². The lowest BCUT2D eigenvalue weighted by molar-refractivity contribution is 0.0682. The highest BCUT2D eigenvalue weighted by molar-refractivity contribution is 7.13. The van der Waals surface area contributed by atoms with Gasteiger partial charge >= 0.3 is 0 Å². The molecule has 0 spiro atoms. The third-order valence-electron chi connectivity index (χ3n) is 5.29. The summed E-state index contributed by atoms with van der Waals surface area (Å²) in [7, 11) is 0. The van der Waals surface area contributed by atoms with Crippen LogP contribution in [0.1, 0.15) is 29.5 Å². The molecule has 3 aromatic heterocycles. The fraction of sp³-hybridized carbons (Fsp3) is 0.238. The monoisotopic (exact) mass is 422 g/mol. The third kappa shape index (κ3) is 3.52. The summed E-state index contributed by atoms with van der Waals surface area (Å²) >= 11 is 1.50. The minimum atomic E-state index is -0.366. The van der Waals surface area contributed by atoms with Gasteiger partial charge in [-0.25, -0.2) is 19.0 Å². The number of rotatable bonds is 4. The smallest absolute Gasteiger partial charge is 0.293 e. The van der Waals surface area contributed by atoms with Crippen LogP contribution >= 0.6 is 11.3 Å². The topological polar surface area (TPSA) is 68.8 Å². The number of carbonyl (C=O) groups excluding carboxylic acids is 1. The summed E-state index contributed by atoms with van der Waals surface area (Å²) in [5.74, 6) is 0.0950. The highest BCUT2D eigenvalue weighted by Crippen LogP contribution is 2.27. The van der Waals surface area contributed by atoms with Crippen molar-refractivity contribution in [3.63, 3.8) is 0 Å². The van der Waals surface area contributed by atoms with Crippen LogP contribution in [0.3, 0.4) is 0 Å². The lowest BCUT2D eigenvalue weighted by Crippen LogP contribution is -2.39. The van der Waals surface area contributed by atoms with Crippen molar-refractivity contribution in [2.45, 2.75) is 18.9 Å². The number of hydrogen-bond acceptors (Lipinski definition) is 5. The number of aromatic nitrogens is 5. The summed E-state index contributed by atoms with van der Waals surface area (Å²) in [6.45, 7) is 1.26. The lowest BCUT2D eigenvalue weighted by Gasteiger charge is -2.31. The van der Waals surface area contributed by atoms with Gasteiger partial charge < -0.3 is 9.47 Å². The van der Waals surface area contributed by atoms with Crippen LogP contribution in [-0.2, 0) is 0 Å². The molecule has 0 unspecified atom stereocenters. The maximum atomic E-state index is 13.8. The van der Waals surface area contributed by atoms with Crippen LogP contribution in [0.25, 0.3) is 16.4 Å². The van der Waals surface area contributed by atoms with E-state index in [1.807, 2.05) is 30.0 Å². The van der Waals surface area contributed by atoms with Gasteiger partial charge in [0.25, 0.3) is 5.91 Å². The van der Waals surface area contributed by atoms with Gasteiger partial charge in [0, 0.05) is 31.5 Å². The van der Waals surface area contributed by atoms with Crippen molar-refractivity contribution in [2.75, 3.05) is 13.1 Å². The molecule has 4 aromatic rings. The first-order chi connectivity index (χ1) is 14.7. The van der Waals surface area contributed by atoms with Crippen LogP contribution in [0.2, 0.25) is 0 Å². The molecule has 30 heavy (non-hydrogen) atoms. The zero-order valence-corrected chi connectivity index (χ0v) is 16.9. The van der Waals surface area contributed by atoms with Crippen molar-refractivity contribution in [3.8, 4) is 16.4 Å². The van der Waals surface area contributed by atoms with Crippen molar-refractivity contribution in [2.24, 2.45) is 0 Å². The van der Waals surface area contributed by atoms with Crippen LogP contribution < -0.4 is 0 Å². The Morgan fingerprint density at radius 1 is 1.17 bits per heavy atom. The molecule has 9 heteroatoms. The van der Waals surface area contributed by atoms with Crippen molar-refractivity contribution < 1.29 is 9.18 Å². The minimum absolute atomic E-state index is 0.128. The molecule has 0 radical (unpaired) electrons. The first-order valence-electron chi connectivity index (χ1n) is 9.72. The summed E-state index contributed by atoms with van der Waals surface area (Å²) in [4.78, 5) is 24.4. The summed E-state index contributed by atoms with van der Waals surface area (Å²) in [5.41, 5.74) is 0.531. The van der Waals surface area contributed by atoms with E-state index in [9.17, 15) is 9.18 Å². The molecule has 0 atom stereocenters. The van der Waals surface area contributed by atoms with Gasteiger partial charge in [-0.3, -0.25) is 4.79 Å². The van der Waals surface area contributed by atoms with E-state index in [2.05, 4.69) is 19.6 Å². The Bertz CT molecular complexity index is 1150. The molecular formula is C21H19FN6OS. The Kier molecular flexibility index (Phi) is 4.88. The van der Waals surface area contributed by atoms with Gasteiger partial charge in [0.05, 0.1) is 16.9 Å². The van der Waals surface area contributed by atoms with Gasteiger partial charge in [0.15, 0.2) is 5.82 Å². The SMILES string of the molecule is O=C(c1nc(-c2cccs2)n(-c2cccc(F)c2)n1)N1CCC(n2ccnc2)CC1. The molecule has 7 nitrogen and oxygen atoms in total. The lowest BCUT2D eigenvalue weighted by atomic mass is 10.0. The average molecular weight is 422 g/mol. The molecule has 0 bridgehead atoms. The Morgan fingerprint density at radius 3 is 2.73 bits per heavy atom. The molecule has 1 saturated heterocycles. The standard InChI is InChI=1S/C21H19FN6OS/c22-15-3-1-4-17(13-15)28-20(18-5-2-12-30-18)24-19(25-28)21(29)26-9-6-16(7-10-26)27-11-8-23-14-27/h1-5,8,11-14,16H,6-7,9-10H2. The van der Waals surface area contributed by atoms with Crippen molar-refractivity contribution >= 4 is 17.2 Å². The number of imidazole rings is 1. The largest absolute Gasteiger partial charge is 0.336 e. The molecule has 1 aromatic carbocycles. The zero-order chi connectivity index (χ0) is 20.5. The molecule has 5 rings (SSSR count). The van der Waals surface area contributed by atoms with E-state index in [0.717, 1.165) is 17.7 Å². The summed E-state index contributed by atoms with van der Waals surface area (Å²) in [6, 6.07) is 10.3. The van der Waals surface area contributed by atoms with Crippen LogP contribution in [-0.4, -0.2) is 48.2 Å². The fourth-order valence-electron chi connectivity index (χ4n) is 3.75. The predicted molar refractivity (Wildman–Crippen MR) is 111 cm³/mol. The molecular weight excluding hydrogens is 403 g/mol. The van der Waals surface area contributed by atoms with Gasteiger partial charge in [-0.2, -0.15) is 0 Å². The molecule has 1 fully saturated rings. The number of benzene rings is 1. The number of carbonyl (C=O) groups is 1. The number of amides is 1. The van der Waals surface area contributed by atoms with E-state index in [4.69, 9.17) is 0 Å². The van der Waals surface area contributed by atoms with E-state index < -0.39 is 0 Å². The van der Waals surface area contributed by atoms with E-state index in [-0.39, 0.29) is 17.5 Å². The number of hydrogen-bond donors (Lipinski definition) is 0. The van der Waals surface area contributed by atoms with Crippen LogP contribution in [0, 0.1) is 5.82 Å². The van der Waals surface area contributed by atoms with Gasteiger partial charge in [0.2, 0.25) is 5.82 Å². The molecule has 152 valence electrons. The van der Waals surface area contributed by atoms with Gasteiger partial charge in [0.1, 0.15) is 5.82 Å². The second kappa shape index (κ2) is 7.83. The van der Waals surface area contributed by atoms with E-state index >= 15 is 0 Å². The molecule has 1 amide bonds. The molecule has 0 aliphatic carbocycles. The second-order valence-corrected chi connectivity index (χ2v) is 8.11. The van der Waals surface area contributed by atoms with E-state index in [1.54, 1.807) is 27.9 Å². The maximum Gasteiger partial charge on any atom is 0.293 e. The van der Waals surface area contributed by atoms with Gasteiger partial charge in [-0.1, -0.05) is 12.1 Å². The molecule has 0 N–H and O–H groups in total.